The second-order valence-corrected chi connectivity index (χ2v) is 9.62. The standard InChI is InChI=1S/C32H25NO6/c1-19-17-22-18-21(9-16-27(22)38-19)30(35)28-29(20-7-12-24(34)13-8-20)33(32(37)31(28)36)23-10-14-26(15-11-23)39-25-5-3-2-4-6-25/h2-16,18-19,29,34-35H,17H2,1H3/b30-28-. The van der Waals surface area contributed by atoms with E-state index in [2.05, 4.69) is 0 Å². The molecule has 1 amide bonds. The number of rotatable bonds is 5. The zero-order valence-corrected chi connectivity index (χ0v) is 21.1. The molecular weight excluding hydrogens is 494 g/mol. The summed E-state index contributed by atoms with van der Waals surface area (Å²) < 4.78 is 11.6. The lowest BCUT2D eigenvalue weighted by Gasteiger charge is -2.25. The molecule has 0 spiro atoms. The summed E-state index contributed by atoms with van der Waals surface area (Å²) in [6.45, 7) is 1.96. The average molecular weight is 520 g/mol. The molecule has 2 heterocycles. The number of phenolic OH excluding ortho intramolecular Hbond substituents is 1. The van der Waals surface area contributed by atoms with Crippen LogP contribution in [0.2, 0.25) is 0 Å². The molecule has 2 aliphatic rings. The highest BCUT2D eigenvalue weighted by atomic mass is 16.5. The van der Waals surface area contributed by atoms with E-state index in [1.165, 1.54) is 17.0 Å². The van der Waals surface area contributed by atoms with Crippen LogP contribution in [0.3, 0.4) is 0 Å². The van der Waals surface area contributed by atoms with Gasteiger partial charge in [-0.2, -0.15) is 0 Å². The van der Waals surface area contributed by atoms with Crippen LogP contribution in [0.1, 0.15) is 29.7 Å². The number of aliphatic hydroxyl groups excluding tert-OH is 1. The highest BCUT2D eigenvalue weighted by Gasteiger charge is 2.47. The van der Waals surface area contributed by atoms with Crippen LogP contribution in [0.15, 0.2) is 103 Å². The first-order valence-corrected chi connectivity index (χ1v) is 12.6. The number of carbonyl (C=O) groups excluding carboxylic acids is 2. The third-order valence-electron chi connectivity index (χ3n) is 6.92. The predicted octanol–water partition coefficient (Wildman–Crippen LogP) is 6.13. The van der Waals surface area contributed by atoms with Crippen molar-refractivity contribution in [2.24, 2.45) is 0 Å². The number of amides is 1. The van der Waals surface area contributed by atoms with Crippen molar-refractivity contribution in [1.82, 2.24) is 0 Å². The van der Waals surface area contributed by atoms with Gasteiger partial charge in [-0.3, -0.25) is 14.5 Å². The summed E-state index contributed by atoms with van der Waals surface area (Å²) in [5.74, 6) is 0.213. The number of benzene rings is 4. The number of carbonyl (C=O) groups is 2. The number of para-hydroxylation sites is 1. The lowest BCUT2D eigenvalue weighted by molar-refractivity contribution is -0.132. The number of Topliss-reactive ketones (excluding diaryl/α,β-unsaturated/α-hetero) is 1. The van der Waals surface area contributed by atoms with Gasteiger partial charge in [0.05, 0.1) is 11.6 Å². The van der Waals surface area contributed by atoms with Gasteiger partial charge in [0.1, 0.15) is 34.9 Å². The molecule has 4 aromatic rings. The number of nitrogens with zero attached hydrogens (tertiary/aromatic N) is 1. The molecule has 39 heavy (non-hydrogen) atoms. The van der Waals surface area contributed by atoms with E-state index in [9.17, 15) is 19.8 Å². The molecule has 6 rings (SSSR count). The van der Waals surface area contributed by atoms with E-state index in [1.54, 1.807) is 54.6 Å². The number of aromatic hydroxyl groups is 1. The molecular formula is C32H25NO6. The number of hydrogen-bond donors (Lipinski definition) is 2. The zero-order valence-electron chi connectivity index (χ0n) is 21.1. The fraction of sp³-hybridized carbons (Fsp3) is 0.125. The Morgan fingerprint density at radius 1 is 0.897 bits per heavy atom. The maximum absolute atomic E-state index is 13.4. The average Bonchev–Trinajstić information content (AvgIpc) is 3.45. The second kappa shape index (κ2) is 9.68. The van der Waals surface area contributed by atoms with E-state index in [0.717, 1.165) is 11.3 Å². The molecule has 0 aliphatic carbocycles. The van der Waals surface area contributed by atoms with E-state index in [4.69, 9.17) is 9.47 Å². The zero-order chi connectivity index (χ0) is 27.1. The molecule has 2 atom stereocenters. The second-order valence-electron chi connectivity index (χ2n) is 9.62. The van der Waals surface area contributed by atoms with Crippen molar-refractivity contribution in [1.29, 1.82) is 0 Å². The van der Waals surface area contributed by atoms with Crippen LogP contribution in [-0.2, 0) is 16.0 Å². The molecule has 7 heteroatoms. The summed E-state index contributed by atoms with van der Waals surface area (Å²) in [5, 5.41) is 21.3. The number of ether oxygens (including phenoxy) is 2. The van der Waals surface area contributed by atoms with Crippen molar-refractivity contribution in [2.75, 3.05) is 4.90 Å². The van der Waals surface area contributed by atoms with Gasteiger partial charge in [-0.15, -0.1) is 0 Å². The van der Waals surface area contributed by atoms with Crippen LogP contribution in [0.4, 0.5) is 5.69 Å². The van der Waals surface area contributed by atoms with Crippen molar-refractivity contribution in [3.8, 4) is 23.0 Å². The highest BCUT2D eigenvalue weighted by Crippen LogP contribution is 2.43. The fourth-order valence-corrected chi connectivity index (χ4v) is 5.10. The third-order valence-corrected chi connectivity index (χ3v) is 6.92. The van der Waals surface area contributed by atoms with Crippen LogP contribution < -0.4 is 14.4 Å². The summed E-state index contributed by atoms with van der Waals surface area (Å²) in [6, 6.07) is 26.7. The van der Waals surface area contributed by atoms with Crippen molar-refractivity contribution in [3.63, 3.8) is 0 Å². The Bertz CT molecular complexity index is 1590. The van der Waals surface area contributed by atoms with Crippen LogP contribution >= 0.6 is 0 Å². The van der Waals surface area contributed by atoms with Gasteiger partial charge in [-0.25, -0.2) is 0 Å². The smallest absolute Gasteiger partial charge is 0.300 e. The summed E-state index contributed by atoms with van der Waals surface area (Å²) in [6.07, 6.45) is 0.706. The molecule has 0 aromatic heterocycles. The first kappa shape index (κ1) is 24.3. The van der Waals surface area contributed by atoms with E-state index < -0.39 is 17.7 Å². The normalized spacial score (nSPS) is 19.6. The Balaban J connectivity index is 1.42. The van der Waals surface area contributed by atoms with Crippen LogP contribution in [-0.4, -0.2) is 28.0 Å². The molecule has 0 saturated carbocycles. The Labute approximate surface area is 225 Å². The number of phenols is 1. The van der Waals surface area contributed by atoms with Gasteiger partial charge in [-0.05, 0) is 84.8 Å². The summed E-state index contributed by atoms with van der Waals surface area (Å²) in [7, 11) is 0. The Kier molecular flexibility index (Phi) is 6.04. The molecule has 0 bridgehead atoms. The minimum atomic E-state index is -0.907. The van der Waals surface area contributed by atoms with E-state index in [1.807, 2.05) is 37.3 Å². The topological polar surface area (TPSA) is 96.3 Å². The summed E-state index contributed by atoms with van der Waals surface area (Å²) >= 11 is 0. The highest BCUT2D eigenvalue weighted by molar-refractivity contribution is 6.51. The lowest BCUT2D eigenvalue weighted by Crippen LogP contribution is -2.29. The van der Waals surface area contributed by atoms with Gasteiger partial charge in [0.15, 0.2) is 0 Å². The van der Waals surface area contributed by atoms with Crippen molar-refractivity contribution < 1.29 is 29.3 Å². The predicted molar refractivity (Wildman–Crippen MR) is 146 cm³/mol. The number of fused-ring (bicyclic) bond motifs is 1. The van der Waals surface area contributed by atoms with Crippen LogP contribution in [0, 0.1) is 0 Å². The van der Waals surface area contributed by atoms with E-state index in [-0.39, 0.29) is 23.2 Å². The van der Waals surface area contributed by atoms with Gasteiger partial charge in [-0.1, -0.05) is 30.3 Å². The molecule has 1 saturated heterocycles. The summed E-state index contributed by atoms with van der Waals surface area (Å²) in [5.41, 5.74) is 2.36. The third kappa shape index (κ3) is 4.48. The van der Waals surface area contributed by atoms with Crippen LogP contribution in [0.5, 0.6) is 23.0 Å². The molecule has 194 valence electrons. The maximum atomic E-state index is 13.4. The minimum absolute atomic E-state index is 0.0221. The first-order chi connectivity index (χ1) is 18.9. The largest absolute Gasteiger partial charge is 0.508 e. The van der Waals surface area contributed by atoms with E-state index in [0.29, 0.717) is 34.7 Å². The van der Waals surface area contributed by atoms with Gasteiger partial charge in [0.25, 0.3) is 11.7 Å². The number of hydrogen-bond acceptors (Lipinski definition) is 6. The molecule has 4 aromatic carbocycles. The van der Waals surface area contributed by atoms with Crippen molar-refractivity contribution >= 4 is 23.1 Å². The number of aliphatic hydroxyl groups is 1. The van der Waals surface area contributed by atoms with Crippen LogP contribution in [0.25, 0.3) is 5.76 Å². The Morgan fingerprint density at radius 3 is 2.31 bits per heavy atom. The minimum Gasteiger partial charge on any atom is -0.508 e. The maximum Gasteiger partial charge on any atom is 0.300 e. The van der Waals surface area contributed by atoms with Crippen molar-refractivity contribution in [3.05, 3.63) is 119 Å². The SMILES string of the molecule is CC1Cc2cc(/C(O)=C3/C(=O)C(=O)N(c4ccc(Oc5ccccc5)cc4)C3c3ccc(O)cc3)ccc2O1. The van der Waals surface area contributed by atoms with Gasteiger partial charge < -0.3 is 19.7 Å². The van der Waals surface area contributed by atoms with Gasteiger partial charge >= 0.3 is 0 Å². The monoisotopic (exact) mass is 519 g/mol. The number of anilines is 1. The fourth-order valence-electron chi connectivity index (χ4n) is 5.10. The Morgan fingerprint density at radius 2 is 1.59 bits per heavy atom. The molecule has 7 nitrogen and oxygen atoms in total. The number of ketones is 1. The lowest BCUT2D eigenvalue weighted by atomic mass is 9.94. The Hall–Kier alpha value is -5.04. The summed E-state index contributed by atoms with van der Waals surface area (Å²) in [4.78, 5) is 28.2. The van der Waals surface area contributed by atoms with Gasteiger partial charge in [0, 0.05) is 17.7 Å². The molecule has 2 unspecified atom stereocenters. The molecule has 1 fully saturated rings. The first-order valence-electron chi connectivity index (χ1n) is 12.6. The molecule has 0 radical (unpaired) electrons. The van der Waals surface area contributed by atoms with Crippen molar-refractivity contribution in [2.45, 2.75) is 25.5 Å². The molecule has 2 aliphatic heterocycles. The molecule has 2 N–H and O–H groups in total. The van der Waals surface area contributed by atoms with E-state index >= 15 is 0 Å². The van der Waals surface area contributed by atoms with Gasteiger partial charge in [0.2, 0.25) is 0 Å². The quantitative estimate of drug-likeness (QED) is 0.187.